The number of hydrogen-bond acceptors (Lipinski definition) is 3. The molecule has 1 aromatic rings. The Labute approximate surface area is 83.0 Å². The molecule has 0 aromatic heterocycles. The van der Waals surface area contributed by atoms with Crippen LogP contribution >= 0.6 is 0 Å². The smallest absolute Gasteiger partial charge is 0.329 e. The largest absolute Gasteiger partial charge is 0.480 e. The Kier molecular flexibility index (Phi) is 5.33. The number of carbonyl (C=O) groups is 1. The molecule has 1 rings (SSSR count). The van der Waals surface area contributed by atoms with Crippen molar-refractivity contribution in [3.05, 3.63) is 29.3 Å². The molecular formula is C10H15NO3. The van der Waals surface area contributed by atoms with Crippen molar-refractivity contribution in [1.82, 2.24) is 0 Å². The predicted octanol–water partition coefficient (Wildman–Crippen LogP) is 0.949. The second-order valence-electron chi connectivity index (χ2n) is 2.97. The summed E-state index contributed by atoms with van der Waals surface area (Å²) in [5.74, 6) is -1.19. The maximum Gasteiger partial charge on any atom is 0.329 e. The summed E-state index contributed by atoms with van der Waals surface area (Å²) >= 11 is 0. The van der Waals surface area contributed by atoms with Crippen molar-refractivity contribution in [1.29, 1.82) is 0 Å². The summed E-state index contributed by atoms with van der Waals surface area (Å²) < 4.78 is 0. The van der Waals surface area contributed by atoms with E-state index in [1.54, 1.807) is 0 Å². The molecule has 0 atom stereocenters. The summed E-state index contributed by atoms with van der Waals surface area (Å²) in [6.45, 7) is 3.31. The van der Waals surface area contributed by atoms with Crippen molar-refractivity contribution in [2.75, 3.05) is 12.3 Å². The summed E-state index contributed by atoms with van der Waals surface area (Å²) in [6, 6.07) is 6.04. The average Bonchev–Trinajstić information content (AvgIpc) is 2.02. The van der Waals surface area contributed by atoms with Gasteiger partial charge in [-0.15, -0.1) is 0 Å². The molecule has 0 aliphatic rings. The number of aliphatic carboxylic acids is 1. The van der Waals surface area contributed by atoms with Crippen LogP contribution in [0.15, 0.2) is 18.2 Å². The molecule has 4 heteroatoms. The third-order valence-electron chi connectivity index (χ3n) is 1.38. The number of hydrogen-bond donors (Lipinski definition) is 3. The first kappa shape index (κ1) is 12.4. The van der Waals surface area contributed by atoms with Gasteiger partial charge in [-0.25, -0.2) is 4.79 Å². The zero-order chi connectivity index (χ0) is 11.1. The minimum atomic E-state index is -1.19. The Bertz CT molecular complexity index is 260. The van der Waals surface area contributed by atoms with Gasteiger partial charge in [-0.05, 0) is 37.1 Å². The molecule has 0 aliphatic heterocycles. The molecule has 0 unspecified atom stereocenters. The summed E-state index contributed by atoms with van der Waals surface area (Å²) in [5, 5.41) is 15.0. The number of nitrogens with two attached hydrogens (primary N) is 1. The molecule has 0 heterocycles. The number of aliphatic hydroxyl groups is 1. The highest BCUT2D eigenvalue weighted by Gasteiger charge is 1.87. The van der Waals surface area contributed by atoms with E-state index in [1.165, 1.54) is 11.1 Å². The molecule has 4 nitrogen and oxygen atoms in total. The van der Waals surface area contributed by atoms with Crippen LogP contribution in [0, 0.1) is 13.8 Å². The minimum absolute atomic E-state index is 0.778. The molecule has 0 radical (unpaired) electrons. The molecule has 14 heavy (non-hydrogen) atoms. The van der Waals surface area contributed by atoms with Gasteiger partial charge in [0, 0.05) is 5.69 Å². The van der Waals surface area contributed by atoms with Crippen LogP contribution in [0.4, 0.5) is 5.69 Å². The Morgan fingerprint density at radius 3 is 1.86 bits per heavy atom. The molecule has 0 fully saturated rings. The quantitative estimate of drug-likeness (QED) is 0.585. The van der Waals surface area contributed by atoms with E-state index in [0.717, 1.165) is 5.69 Å². The lowest BCUT2D eigenvalue weighted by molar-refractivity contribution is -0.140. The maximum absolute atomic E-state index is 9.12. The van der Waals surface area contributed by atoms with Gasteiger partial charge in [0.05, 0.1) is 0 Å². The summed E-state index contributed by atoms with van der Waals surface area (Å²) in [7, 11) is 0. The van der Waals surface area contributed by atoms with Crippen molar-refractivity contribution in [2.24, 2.45) is 0 Å². The second kappa shape index (κ2) is 5.99. The Morgan fingerprint density at radius 1 is 1.29 bits per heavy atom. The first-order valence-electron chi connectivity index (χ1n) is 4.12. The van der Waals surface area contributed by atoms with Crippen LogP contribution in [-0.4, -0.2) is 22.8 Å². The van der Waals surface area contributed by atoms with Crippen molar-refractivity contribution in [2.45, 2.75) is 13.8 Å². The zero-order valence-corrected chi connectivity index (χ0v) is 8.32. The molecule has 1 aromatic carbocycles. The van der Waals surface area contributed by atoms with E-state index in [4.69, 9.17) is 20.7 Å². The molecule has 0 saturated carbocycles. The van der Waals surface area contributed by atoms with Crippen molar-refractivity contribution in [3.8, 4) is 0 Å². The second-order valence-corrected chi connectivity index (χ2v) is 2.97. The highest BCUT2D eigenvalue weighted by molar-refractivity contribution is 5.67. The Balaban J connectivity index is 0.000000292. The molecular weight excluding hydrogens is 182 g/mol. The van der Waals surface area contributed by atoms with Crippen LogP contribution < -0.4 is 5.73 Å². The standard InChI is InChI=1S/C8H11N.C2H4O3/c1-6-3-7(2)5-8(9)4-6;3-1-2(4)5/h3-5H,9H2,1-2H3;3H,1H2,(H,4,5). The third kappa shape index (κ3) is 6.02. The van der Waals surface area contributed by atoms with E-state index in [9.17, 15) is 0 Å². The number of carboxylic acid groups (broad SMARTS) is 1. The predicted molar refractivity (Wildman–Crippen MR) is 55.1 cm³/mol. The van der Waals surface area contributed by atoms with Gasteiger partial charge in [0.25, 0.3) is 0 Å². The topological polar surface area (TPSA) is 83.6 Å². The number of rotatable bonds is 1. The SMILES string of the molecule is Cc1cc(C)cc(N)c1.O=C(O)CO. The maximum atomic E-state index is 9.12. The first-order valence-corrected chi connectivity index (χ1v) is 4.12. The third-order valence-corrected chi connectivity index (χ3v) is 1.38. The van der Waals surface area contributed by atoms with E-state index in [1.807, 2.05) is 26.0 Å². The van der Waals surface area contributed by atoms with Gasteiger partial charge >= 0.3 is 5.97 Å². The summed E-state index contributed by atoms with van der Waals surface area (Å²) in [6.07, 6.45) is 0. The fraction of sp³-hybridized carbons (Fsp3) is 0.300. The lowest BCUT2D eigenvalue weighted by atomic mass is 10.1. The van der Waals surface area contributed by atoms with Crippen LogP contribution in [0.25, 0.3) is 0 Å². The monoisotopic (exact) mass is 197 g/mol. The van der Waals surface area contributed by atoms with Gasteiger partial charge < -0.3 is 15.9 Å². The van der Waals surface area contributed by atoms with Crippen LogP contribution in [0.5, 0.6) is 0 Å². The van der Waals surface area contributed by atoms with Gasteiger partial charge in [0.15, 0.2) is 0 Å². The average molecular weight is 197 g/mol. The van der Waals surface area contributed by atoms with Gasteiger partial charge in [-0.3, -0.25) is 0 Å². The fourth-order valence-electron chi connectivity index (χ4n) is 1.01. The van der Waals surface area contributed by atoms with Gasteiger partial charge in [-0.2, -0.15) is 0 Å². The molecule has 0 aliphatic carbocycles. The summed E-state index contributed by atoms with van der Waals surface area (Å²) in [4.78, 5) is 9.12. The lowest BCUT2D eigenvalue weighted by Gasteiger charge is -1.97. The molecule has 0 saturated heterocycles. The van der Waals surface area contributed by atoms with E-state index < -0.39 is 12.6 Å². The number of aliphatic hydroxyl groups excluding tert-OH is 1. The van der Waals surface area contributed by atoms with Crippen molar-refractivity contribution >= 4 is 11.7 Å². The van der Waals surface area contributed by atoms with Crippen molar-refractivity contribution < 1.29 is 15.0 Å². The summed E-state index contributed by atoms with van der Waals surface area (Å²) in [5.41, 5.74) is 8.87. The van der Waals surface area contributed by atoms with E-state index in [-0.39, 0.29) is 0 Å². The van der Waals surface area contributed by atoms with E-state index in [2.05, 4.69) is 6.07 Å². The number of aryl methyl sites for hydroxylation is 2. The van der Waals surface area contributed by atoms with Crippen LogP contribution in [-0.2, 0) is 4.79 Å². The number of anilines is 1. The molecule has 0 bridgehead atoms. The van der Waals surface area contributed by atoms with E-state index in [0.29, 0.717) is 0 Å². The van der Waals surface area contributed by atoms with Crippen LogP contribution in [0.3, 0.4) is 0 Å². The normalized spacial score (nSPS) is 8.79. The van der Waals surface area contributed by atoms with Gasteiger partial charge in [-0.1, -0.05) is 6.07 Å². The number of benzene rings is 1. The molecule has 4 N–H and O–H groups in total. The van der Waals surface area contributed by atoms with Crippen molar-refractivity contribution in [3.63, 3.8) is 0 Å². The molecule has 78 valence electrons. The fourth-order valence-corrected chi connectivity index (χ4v) is 1.01. The number of carboxylic acids is 1. The van der Waals surface area contributed by atoms with Gasteiger partial charge in [0.1, 0.15) is 6.61 Å². The highest BCUT2D eigenvalue weighted by Crippen LogP contribution is 2.08. The van der Waals surface area contributed by atoms with Crippen LogP contribution in [0.1, 0.15) is 11.1 Å². The Morgan fingerprint density at radius 2 is 1.64 bits per heavy atom. The molecule has 0 amide bonds. The minimum Gasteiger partial charge on any atom is -0.480 e. The van der Waals surface area contributed by atoms with Crippen LogP contribution in [0.2, 0.25) is 0 Å². The van der Waals surface area contributed by atoms with Gasteiger partial charge in [0.2, 0.25) is 0 Å². The number of nitrogen functional groups attached to an aromatic ring is 1. The van der Waals surface area contributed by atoms with E-state index >= 15 is 0 Å². The zero-order valence-electron chi connectivity index (χ0n) is 8.32. The Hall–Kier alpha value is -1.55. The first-order chi connectivity index (χ1) is 6.45. The highest BCUT2D eigenvalue weighted by atomic mass is 16.4. The molecule has 0 spiro atoms. The lowest BCUT2D eigenvalue weighted by Crippen LogP contribution is -1.98.